The molecule has 0 aliphatic carbocycles. The van der Waals surface area contributed by atoms with Crippen LogP contribution in [0.2, 0.25) is 0 Å². The minimum atomic E-state index is -0.411. The summed E-state index contributed by atoms with van der Waals surface area (Å²) in [6.07, 6.45) is 6.72. The smallest absolute Gasteiger partial charge is 0.272 e. The van der Waals surface area contributed by atoms with Crippen molar-refractivity contribution in [2.45, 2.75) is 31.7 Å². The highest BCUT2D eigenvalue weighted by molar-refractivity contribution is 6.06. The van der Waals surface area contributed by atoms with E-state index < -0.39 is 5.91 Å². The zero-order valence-corrected chi connectivity index (χ0v) is 26.7. The Balaban J connectivity index is 1.12. The van der Waals surface area contributed by atoms with Crippen LogP contribution in [0.15, 0.2) is 53.8 Å². The van der Waals surface area contributed by atoms with E-state index in [1.807, 2.05) is 0 Å². The molecule has 4 N–H and O–H groups in total. The average Bonchev–Trinajstić information content (AvgIpc) is 3.70. The molecule has 47 heavy (non-hydrogen) atoms. The summed E-state index contributed by atoms with van der Waals surface area (Å²) in [6, 6.07) is 6.33. The minimum absolute atomic E-state index is 0.0219. The van der Waals surface area contributed by atoms with E-state index >= 15 is 0 Å². The van der Waals surface area contributed by atoms with Crippen LogP contribution in [0.3, 0.4) is 0 Å². The fourth-order valence-corrected chi connectivity index (χ4v) is 5.53. The zero-order chi connectivity index (χ0) is 33.7. The maximum Gasteiger partial charge on any atom is 0.272 e. The largest absolute Gasteiger partial charge is 0.493 e. The van der Waals surface area contributed by atoms with E-state index in [9.17, 15) is 19.2 Å². The van der Waals surface area contributed by atoms with Crippen LogP contribution >= 0.6 is 0 Å². The van der Waals surface area contributed by atoms with E-state index in [0.717, 1.165) is 5.57 Å². The number of aliphatic hydroxyl groups excluding tert-OH is 1. The number of methoxy groups -OCH3 is 1. The number of fused-ring (bicyclic) bond motifs is 2. The number of hydrogen-bond acceptors (Lipinski definition) is 8. The van der Waals surface area contributed by atoms with Crippen molar-refractivity contribution in [3.05, 3.63) is 65.8 Å². The van der Waals surface area contributed by atoms with Crippen LogP contribution in [0.1, 0.15) is 57.0 Å². The summed E-state index contributed by atoms with van der Waals surface area (Å²) in [5.41, 5.74) is 3.49. The lowest BCUT2D eigenvalue weighted by Gasteiger charge is -2.20. The SMILES string of the molecule is C=C1C[C@H]2C=Nc3cc(OCCCC(=O)Nc4cc(C(=O)Nc5cc(C(=O)NCCCO)n(C)c5)n(C)c4)c(OC)cc3C(=O)N2C1. The second-order valence-electron chi connectivity index (χ2n) is 11.5. The van der Waals surface area contributed by atoms with Crippen LogP contribution in [-0.2, 0) is 18.9 Å². The van der Waals surface area contributed by atoms with Crippen molar-refractivity contribution in [2.24, 2.45) is 19.1 Å². The lowest BCUT2D eigenvalue weighted by Crippen LogP contribution is -2.35. The fraction of sp³-hybridized carbons (Fsp3) is 0.364. The molecule has 0 spiro atoms. The van der Waals surface area contributed by atoms with Gasteiger partial charge in [-0.2, -0.15) is 0 Å². The van der Waals surface area contributed by atoms with Crippen molar-refractivity contribution in [1.82, 2.24) is 19.4 Å². The molecule has 0 unspecified atom stereocenters. The van der Waals surface area contributed by atoms with Crippen molar-refractivity contribution in [3.8, 4) is 11.5 Å². The third-order valence-corrected chi connectivity index (χ3v) is 7.89. The Morgan fingerprint density at radius 3 is 2.40 bits per heavy atom. The normalized spacial score (nSPS) is 15.1. The summed E-state index contributed by atoms with van der Waals surface area (Å²) in [6.45, 7) is 5.04. The first-order valence-electron chi connectivity index (χ1n) is 15.3. The Labute approximate surface area is 272 Å². The van der Waals surface area contributed by atoms with E-state index in [2.05, 4.69) is 27.5 Å². The molecule has 248 valence electrons. The molecule has 1 fully saturated rings. The lowest BCUT2D eigenvalue weighted by atomic mass is 10.1. The first kappa shape index (κ1) is 33.0. The number of anilines is 2. The van der Waals surface area contributed by atoms with Crippen molar-refractivity contribution in [3.63, 3.8) is 0 Å². The van der Waals surface area contributed by atoms with Crippen LogP contribution in [0, 0.1) is 0 Å². The number of rotatable bonds is 13. The topological polar surface area (TPSA) is 169 Å². The molecule has 4 heterocycles. The number of nitrogens with one attached hydrogen (secondary N) is 3. The van der Waals surface area contributed by atoms with Crippen LogP contribution in [-0.4, -0.2) is 88.4 Å². The third kappa shape index (κ3) is 7.55. The molecule has 2 aliphatic rings. The summed E-state index contributed by atoms with van der Waals surface area (Å²) in [5, 5.41) is 17.2. The van der Waals surface area contributed by atoms with Gasteiger partial charge in [-0.05, 0) is 37.5 Å². The highest BCUT2D eigenvalue weighted by Crippen LogP contribution is 2.38. The molecule has 2 aliphatic heterocycles. The summed E-state index contributed by atoms with van der Waals surface area (Å²) in [4.78, 5) is 57.5. The van der Waals surface area contributed by atoms with Gasteiger partial charge in [0.25, 0.3) is 17.7 Å². The molecule has 5 rings (SSSR count). The van der Waals surface area contributed by atoms with Crippen molar-refractivity contribution in [2.75, 3.05) is 44.0 Å². The molecule has 0 radical (unpaired) electrons. The van der Waals surface area contributed by atoms with Gasteiger partial charge >= 0.3 is 0 Å². The predicted octanol–water partition coefficient (Wildman–Crippen LogP) is 3.02. The molecule has 0 saturated carbocycles. The van der Waals surface area contributed by atoms with Gasteiger partial charge in [-0.25, -0.2) is 0 Å². The van der Waals surface area contributed by atoms with Crippen LogP contribution in [0.5, 0.6) is 11.5 Å². The molecular weight excluding hydrogens is 606 g/mol. The first-order chi connectivity index (χ1) is 22.6. The number of aliphatic hydroxyl groups is 1. The third-order valence-electron chi connectivity index (χ3n) is 7.89. The molecule has 3 aromatic rings. The molecule has 1 atom stereocenters. The summed E-state index contributed by atoms with van der Waals surface area (Å²) in [7, 11) is 4.88. The number of aromatic nitrogens is 2. The summed E-state index contributed by atoms with van der Waals surface area (Å²) in [5.74, 6) is -0.283. The van der Waals surface area contributed by atoms with E-state index in [1.165, 1.54) is 7.11 Å². The number of ether oxygens (including phenoxy) is 2. The number of amides is 4. The maximum absolute atomic E-state index is 13.2. The standard InChI is InChI=1S/C33H39N7O7/c1-20-11-23-16-35-25-15-29(28(46-4)14-24(25)33(45)40(23)17-20)47-10-5-7-30(42)36-21-12-27(39(3)18-21)32(44)37-22-13-26(38(2)19-22)31(43)34-8-6-9-41/h12-16,18-19,23,41H,1,5-11,17H2,2-4H3,(H,34,43)(H,36,42)(H,37,44)/t23-/m0/s1. The van der Waals surface area contributed by atoms with Gasteiger partial charge in [0.2, 0.25) is 5.91 Å². The van der Waals surface area contributed by atoms with Crippen LogP contribution in [0.4, 0.5) is 17.1 Å². The second kappa shape index (κ2) is 14.4. The molecule has 1 aromatic carbocycles. The number of carbonyl (C=O) groups is 4. The van der Waals surface area contributed by atoms with E-state index in [-0.39, 0.29) is 43.4 Å². The van der Waals surface area contributed by atoms with Gasteiger partial charge in [-0.3, -0.25) is 24.2 Å². The summed E-state index contributed by atoms with van der Waals surface area (Å²) >= 11 is 0. The van der Waals surface area contributed by atoms with Gasteiger partial charge in [0.05, 0.1) is 42.4 Å². The highest BCUT2D eigenvalue weighted by Gasteiger charge is 2.34. The van der Waals surface area contributed by atoms with Gasteiger partial charge in [-0.15, -0.1) is 0 Å². The number of aliphatic imine (C=N–C) groups is 1. The van der Waals surface area contributed by atoms with Gasteiger partial charge in [0.15, 0.2) is 11.5 Å². The Morgan fingerprint density at radius 2 is 1.70 bits per heavy atom. The van der Waals surface area contributed by atoms with E-state index in [0.29, 0.717) is 77.9 Å². The molecule has 1 saturated heterocycles. The van der Waals surface area contributed by atoms with Gasteiger partial charge < -0.3 is 44.6 Å². The number of benzene rings is 1. The Hall–Kier alpha value is -5.37. The number of hydrogen-bond donors (Lipinski definition) is 4. The number of aryl methyl sites for hydroxylation is 2. The number of nitrogens with zero attached hydrogens (tertiary/aromatic N) is 4. The predicted molar refractivity (Wildman–Crippen MR) is 176 cm³/mol. The Bertz CT molecular complexity index is 1740. The monoisotopic (exact) mass is 645 g/mol. The second-order valence-corrected chi connectivity index (χ2v) is 11.5. The molecule has 14 nitrogen and oxygen atoms in total. The van der Waals surface area contributed by atoms with Crippen LogP contribution in [0.25, 0.3) is 0 Å². The van der Waals surface area contributed by atoms with Crippen LogP contribution < -0.4 is 25.4 Å². The molecule has 2 aromatic heterocycles. The van der Waals surface area contributed by atoms with Gasteiger partial charge in [0.1, 0.15) is 11.4 Å². The number of carbonyl (C=O) groups excluding carboxylic acids is 4. The average molecular weight is 646 g/mol. The van der Waals surface area contributed by atoms with Crippen molar-refractivity contribution < 1.29 is 33.8 Å². The quantitative estimate of drug-likeness (QED) is 0.164. The van der Waals surface area contributed by atoms with Crippen molar-refractivity contribution in [1.29, 1.82) is 0 Å². The molecule has 14 heteroatoms. The highest BCUT2D eigenvalue weighted by atomic mass is 16.5. The van der Waals surface area contributed by atoms with Gasteiger partial charge in [0, 0.05) is 64.9 Å². The lowest BCUT2D eigenvalue weighted by molar-refractivity contribution is -0.116. The Kier molecular flexibility index (Phi) is 10.1. The molecule has 4 amide bonds. The Morgan fingerprint density at radius 1 is 1.00 bits per heavy atom. The zero-order valence-electron chi connectivity index (χ0n) is 26.7. The minimum Gasteiger partial charge on any atom is -0.493 e. The van der Waals surface area contributed by atoms with Crippen molar-refractivity contribution >= 4 is 46.9 Å². The molecular formula is C33H39N7O7. The fourth-order valence-electron chi connectivity index (χ4n) is 5.53. The van der Waals surface area contributed by atoms with E-state index in [1.54, 1.807) is 71.0 Å². The molecule has 0 bridgehead atoms. The maximum atomic E-state index is 13.2. The van der Waals surface area contributed by atoms with E-state index in [4.69, 9.17) is 14.6 Å². The summed E-state index contributed by atoms with van der Waals surface area (Å²) < 4.78 is 14.6. The first-order valence-corrected chi connectivity index (χ1v) is 15.3. The van der Waals surface area contributed by atoms with Gasteiger partial charge in [-0.1, -0.05) is 12.2 Å².